The molecule has 34 heavy (non-hydrogen) atoms. The molecule has 0 amide bonds. The van der Waals surface area contributed by atoms with Gasteiger partial charge in [0.15, 0.2) is 0 Å². The molecule has 1 atom stereocenters. The Labute approximate surface area is 201 Å². The van der Waals surface area contributed by atoms with Crippen molar-refractivity contribution in [2.24, 2.45) is 0 Å². The van der Waals surface area contributed by atoms with Crippen LogP contribution < -0.4 is 9.75 Å². The summed E-state index contributed by atoms with van der Waals surface area (Å²) in [4.78, 5) is 4.33. The maximum Gasteiger partial charge on any atom is 0.143 e. The van der Waals surface area contributed by atoms with E-state index in [1.807, 2.05) is 36.7 Å². The number of anilines is 1. The lowest BCUT2D eigenvalue weighted by atomic mass is 9.95. The molecule has 1 aromatic heterocycles. The maximum atomic E-state index is 13.6. The zero-order valence-electron chi connectivity index (χ0n) is 20.6. The third-order valence-corrected chi connectivity index (χ3v) is 6.46. The number of aromatic nitrogens is 2. The Morgan fingerprint density at radius 3 is 2.62 bits per heavy atom. The first kappa shape index (κ1) is 23.8. The summed E-state index contributed by atoms with van der Waals surface area (Å²) in [5.74, 6) is 0.585. The number of benzene rings is 2. The van der Waals surface area contributed by atoms with E-state index >= 15 is 0 Å². The van der Waals surface area contributed by atoms with Gasteiger partial charge in [0.1, 0.15) is 11.6 Å². The average molecular weight is 461 g/mol. The van der Waals surface area contributed by atoms with Crippen LogP contribution in [0.15, 0.2) is 72.3 Å². The van der Waals surface area contributed by atoms with E-state index < -0.39 is 0 Å². The van der Waals surface area contributed by atoms with Crippen molar-refractivity contribution in [1.82, 2.24) is 14.6 Å². The van der Waals surface area contributed by atoms with E-state index in [9.17, 15) is 4.39 Å². The summed E-state index contributed by atoms with van der Waals surface area (Å²) in [5.41, 5.74) is 6.47. The van der Waals surface area contributed by atoms with E-state index in [-0.39, 0.29) is 11.9 Å². The van der Waals surface area contributed by atoms with Crippen LogP contribution in [0.1, 0.15) is 44.9 Å². The largest absolute Gasteiger partial charge is 0.495 e. The Morgan fingerprint density at radius 2 is 1.97 bits per heavy atom. The highest BCUT2D eigenvalue weighted by atomic mass is 19.1. The Morgan fingerprint density at radius 1 is 1.21 bits per heavy atom. The monoisotopic (exact) mass is 460 g/mol. The van der Waals surface area contributed by atoms with Gasteiger partial charge in [0.05, 0.1) is 30.5 Å². The first-order valence-corrected chi connectivity index (χ1v) is 11.8. The number of allylic oxidation sites excluding steroid dienone is 2. The summed E-state index contributed by atoms with van der Waals surface area (Å²) in [5, 5.41) is 4.58. The molecule has 1 aliphatic heterocycles. The number of hydrogen-bond acceptors (Lipinski definition) is 4. The number of halogens is 1. The second-order valence-electron chi connectivity index (χ2n) is 8.73. The van der Waals surface area contributed by atoms with Gasteiger partial charge in [-0.2, -0.15) is 0 Å². The number of hydrogen-bond donors (Lipinski definition) is 0. The number of aryl methyl sites for hydroxylation is 1. The van der Waals surface area contributed by atoms with Crippen LogP contribution in [0.2, 0.25) is 0 Å². The molecular formula is C28H33FN4O. The molecule has 0 aliphatic carbocycles. The van der Waals surface area contributed by atoms with Crippen LogP contribution in [0.25, 0.3) is 11.8 Å². The minimum Gasteiger partial charge on any atom is -0.495 e. The predicted molar refractivity (Wildman–Crippen MR) is 137 cm³/mol. The van der Waals surface area contributed by atoms with Gasteiger partial charge in [-0.15, -0.1) is 0 Å². The van der Waals surface area contributed by atoms with Crippen molar-refractivity contribution in [3.8, 4) is 11.4 Å². The van der Waals surface area contributed by atoms with E-state index in [1.54, 1.807) is 13.4 Å². The Bertz CT molecular complexity index is 1200. The standard InChI is InChI=1S/C28H33FN4O/c1-6-21(3)33(26-12-10-25(29)11-13-26)32-15-7-8-24(22(32)4)16-23-9-14-27(28(17-23)34-5)31-18-20(2)30-19-31/h6,9-14,16-19,22H,7-8,15H2,1-5H3/b21-6-,24-16+. The average Bonchev–Trinajstić information content (AvgIpc) is 3.28. The molecule has 1 saturated heterocycles. The third kappa shape index (κ3) is 4.92. The minimum atomic E-state index is -0.225. The van der Waals surface area contributed by atoms with Gasteiger partial charge in [-0.05, 0) is 82.5 Å². The summed E-state index contributed by atoms with van der Waals surface area (Å²) in [6, 6.07) is 13.2. The Balaban J connectivity index is 1.65. The van der Waals surface area contributed by atoms with Crippen LogP contribution in [0.5, 0.6) is 5.75 Å². The number of nitrogens with zero attached hydrogens (tertiary/aromatic N) is 4. The minimum absolute atomic E-state index is 0.190. The fourth-order valence-corrected chi connectivity index (χ4v) is 4.53. The fraction of sp³-hybridized carbons (Fsp3) is 0.321. The zero-order chi connectivity index (χ0) is 24.2. The lowest BCUT2D eigenvalue weighted by Gasteiger charge is -2.44. The first-order valence-electron chi connectivity index (χ1n) is 11.8. The van der Waals surface area contributed by atoms with E-state index in [0.717, 1.165) is 53.5 Å². The molecule has 6 heteroatoms. The molecule has 5 nitrogen and oxygen atoms in total. The van der Waals surface area contributed by atoms with Crippen molar-refractivity contribution < 1.29 is 9.13 Å². The maximum absolute atomic E-state index is 13.6. The highest BCUT2D eigenvalue weighted by molar-refractivity contribution is 5.61. The predicted octanol–water partition coefficient (Wildman–Crippen LogP) is 6.54. The van der Waals surface area contributed by atoms with Gasteiger partial charge in [0.25, 0.3) is 0 Å². The zero-order valence-corrected chi connectivity index (χ0v) is 20.6. The van der Waals surface area contributed by atoms with Crippen LogP contribution in [-0.4, -0.2) is 34.3 Å². The van der Waals surface area contributed by atoms with Gasteiger partial charge in [-0.25, -0.2) is 14.4 Å². The molecule has 1 unspecified atom stereocenters. The highest BCUT2D eigenvalue weighted by Crippen LogP contribution is 2.33. The molecule has 3 aromatic rings. The molecule has 0 radical (unpaired) electrons. The van der Waals surface area contributed by atoms with Crippen molar-refractivity contribution in [2.75, 3.05) is 18.7 Å². The smallest absolute Gasteiger partial charge is 0.143 e. The third-order valence-electron chi connectivity index (χ3n) is 6.46. The van der Waals surface area contributed by atoms with Crippen molar-refractivity contribution in [3.63, 3.8) is 0 Å². The lowest BCUT2D eigenvalue weighted by molar-refractivity contribution is 0.198. The highest BCUT2D eigenvalue weighted by Gasteiger charge is 2.29. The molecule has 2 heterocycles. The number of hydrazine groups is 1. The van der Waals surface area contributed by atoms with Gasteiger partial charge >= 0.3 is 0 Å². The number of methoxy groups -OCH3 is 1. The normalized spacial score (nSPS) is 18.4. The van der Waals surface area contributed by atoms with E-state index in [2.05, 4.69) is 59.2 Å². The number of imidazole rings is 1. The van der Waals surface area contributed by atoms with E-state index in [1.165, 1.54) is 17.7 Å². The van der Waals surface area contributed by atoms with Gasteiger partial charge in [0, 0.05) is 24.5 Å². The number of ether oxygens (including phenoxy) is 1. The van der Waals surface area contributed by atoms with Gasteiger partial charge in [-0.3, -0.25) is 5.01 Å². The molecule has 178 valence electrons. The quantitative estimate of drug-likeness (QED) is 0.418. The van der Waals surface area contributed by atoms with Crippen molar-refractivity contribution in [1.29, 1.82) is 0 Å². The topological polar surface area (TPSA) is 33.5 Å². The van der Waals surface area contributed by atoms with E-state index in [4.69, 9.17) is 4.74 Å². The summed E-state index contributed by atoms with van der Waals surface area (Å²) >= 11 is 0. The van der Waals surface area contributed by atoms with Gasteiger partial charge < -0.3 is 9.30 Å². The number of piperidine rings is 1. The summed E-state index contributed by atoms with van der Waals surface area (Å²) in [7, 11) is 1.70. The number of rotatable bonds is 6. The van der Waals surface area contributed by atoms with Crippen LogP contribution >= 0.6 is 0 Å². The van der Waals surface area contributed by atoms with Gasteiger partial charge in [0.2, 0.25) is 0 Å². The second kappa shape index (κ2) is 10.3. The van der Waals surface area contributed by atoms with Gasteiger partial charge in [-0.1, -0.05) is 23.8 Å². The molecule has 1 aliphatic rings. The first-order chi connectivity index (χ1) is 16.4. The van der Waals surface area contributed by atoms with Crippen LogP contribution in [0.4, 0.5) is 10.1 Å². The van der Waals surface area contributed by atoms with E-state index in [0.29, 0.717) is 0 Å². The Kier molecular flexibility index (Phi) is 7.17. The molecule has 4 rings (SSSR count). The Hall–Kier alpha value is -3.38. The summed E-state index contributed by atoms with van der Waals surface area (Å²) in [6.45, 7) is 9.28. The van der Waals surface area contributed by atoms with Crippen LogP contribution in [0.3, 0.4) is 0 Å². The summed E-state index contributed by atoms with van der Waals surface area (Å²) in [6.07, 6.45) is 10.2. The van der Waals surface area contributed by atoms with Crippen LogP contribution in [0, 0.1) is 12.7 Å². The molecule has 2 aromatic carbocycles. The second-order valence-corrected chi connectivity index (χ2v) is 8.73. The van der Waals surface area contributed by atoms with Crippen molar-refractivity contribution in [2.45, 2.75) is 46.6 Å². The molecule has 0 N–H and O–H groups in total. The summed E-state index contributed by atoms with van der Waals surface area (Å²) < 4.78 is 21.3. The molecule has 0 saturated carbocycles. The van der Waals surface area contributed by atoms with Crippen LogP contribution in [-0.2, 0) is 0 Å². The molecular weight excluding hydrogens is 427 g/mol. The van der Waals surface area contributed by atoms with Crippen molar-refractivity contribution >= 4 is 11.8 Å². The van der Waals surface area contributed by atoms with Crippen molar-refractivity contribution in [3.05, 3.63) is 89.4 Å². The molecule has 1 fully saturated rings. The molecule has 0 spiro atoms. The fourth-order valence-electron chi connectivity index (χ4n) is 4.53. The SMILES string of the molecule is C/C=C(/C)N(c1ccc(F)cc1)N1CCC/C(=C\c2ccc(-n3cnc(C)c3)c(OC)c2)C1C. The molecule has 0 bridgehead atoms. The lowest BCUT2D eigenvalue weighted by Crippen LogP contribution is -2.50.